The fourth-order valence-corrected chi connectivity index (χ4v) is 4.17. The van der Waals surface area contributed by atoms with Crippen LogP contribution in [0.5, 0.6) is 0 Å². The third kappa shape index (κ3) is 2.47. The quantitative estimate of drug-likeness (QED) is 0.915. The Morgan fingerprint density at radius 2 is 2.00 bits per heavy atom. The third-order valence-corrected chi connectivity index (χ3v) is 5.94. The molecule has 0 radical (unpaired) electrons. The Labute approximate surface area is 128 Å². The van der Waals surface area contributed by atoms with Gasteiger partial charge in [-0.3, -0.25) is 0 Å². The van der Waals surface area contributed by atoms with Gasteiger partial charge in [0.15, 0.2) is 5.82 Å². The van der Waals surface area contributed by atoms with Crippen LogP contribution in [0.4, 0.5) is 0 Å². The third-order valence-electron chi connectivity index (χ3n) is 4.80. The maximum Gasteiger partial charge on any atom is 0.234 e. The Balaban J connectivity index is 1.99. The average Bonchev–Trinajstić information content (AvgIpc) is 3.11. The van der Waals surface area contributed by atoms with Gasteiger partial charge in [0.1, 0.15) is 5.01 Å². The minimum Gasteiger partial charge on any atom is -0.381 e. The molecule has 0 aliphatic carbocycles. The molecular weight excluding hydrogens is 286 g/mol. The molecule has 0 aromatic carbocycles. The molecule has 21 heavy (non-hydrogen) atoms. The minimum absolute atomic E-state index is 0.0295. The lowest BCUT2D eigenvalue weighted by Crippen LogP contribution is -2.34. The lowest BCUT2D eigenvalue weighted by molar-refractivity contribution is 0.0831. The van der Waals surface area contributed by atoms with Gasteiger partial charge in [0.25, 0.3) is 0 Å². The summed E-state index contributed by atoms with van der Waals surface area (Å²) in [6, 6.07) is 0. The van der Waals surface area contributed by atoms with E-state index in [-0.39, 0.29) is 5.41 Å². The predicted molar refractivity (Wildman–Crippen MR) is 82.8 cm³/mol. The fraction of sp³-hybridized carbons (Fsp3) is 0.786. The van der Waals surface area contributed by atoms with Gasteiger partial charge in [0.2, 0.25) is 4.96 Å². The minimum atomic E-state index is -0.0295. The van der Waals surface area contributed by atoms with E-state index in [0.717, 1.165) is 54.7 Å². The Hall–Kier alpha value is -1.05. The van der Waals surface area contributed by atoms with E-state index in [0.29, 0.717) is 12.5 Å². The molecule has 2 aromatic rings. The van der Waals surface area contributed by atoms with Gasteiger partial charge in [-0.2, -0.15) is 9.61 Å². The molecule has 0 atom stereocenters. The van der Waals surface area contributed by atoms with E-state index in [1.165, 1.54) is 0 Å². The molecule has 0 spiro atoms. The second-order valence-corrected chi connectivity index (χ2v) is 6.69. The highest BCUT2D eigenvalue weighted by Gasteiger charge is 2.32. The second-order valence-electron chi connectivity index (χ2n) is 5.74. The van der Waals surface area contributed by atoms with Crippen LogP contribution in [0.3, 0.4) is 0 Å². The van der Waals surface area contributed by atoms with E-state index in [2.05, 4.69) is 24.0 Å². The summed E-state index contributed by atoms with van der Waals surface area (Å²) in [4.78, 5) is 0.881. The van der Waals surface area contributed by atoms with Crippen molar-refractivity contribution >= 4 is 16.3 Å². The molecule has 1 fully saturated rings. The molecule has 2 N–H and O–H groups in total. The predicted octanol–water partition coefficient (Wildman–Crippen LogP) is 2.10. The number of hydrogen-bond donors (Lipinski definition) is 1. The van der Waals surface area contributed by atoms with Crippen LogP contribution in [0.1, 0.15) is 56.3 Å². The zero-order chi connectivity index (χ0) is 14.9. The summed E-state index contributed by atoms with van der Waals surface area (Å²) in [6.07, 6.45) is 3.99. The first kappa shape index (κ1) is 14.9. The summed E-state index contributed by atoms with van der Waals surface area (Å²) in [5.74, 6) is 1.38. The number of fused-ring (bicyclic) bond motifs is 1. The molecule has 3 heterocycles. The van der Waals surface area contributed by atoms with Crippen LogP contribution in [-0.2, 0) is 10.2 Å². The Morgan fingerprint density at radius 3 is 2.62 bits per heavy atom. The maximum atomic E-state index is 6.04. The molecule has 2 aromatic heterocycles. The fourth-order valence-electron chi connectivity index (χ4n) is 2.99. The smallest absolute Gasteiger partial charge is 0.234 e. The molecule has 7 heteroatoms. The van der Waals surface area contributed by atoms with Gasteiger partial charge in [-0.05, 0) is 25.7 Å². The van der Waals surface area contributed by atoms with Crippen molar-refractivity contribution in [3.8, 4) is 0 Å². The van der Waals surface area contributed by atoms with E-state index in [4.69, 9.17) is 15.6 Å². The topological polar surface area (TPSA) is 78.3 Å². The van der Waals surface area contributed by atoms with Crippen molar-refractivity contribution < 1.29 is 4.74 Å². The first-order valence-electron chi connectivity index (χ1n) is 7.74. The van der Waals surface area contributed by atoms with Crippen LogP contribution in [0.15, 0.2) is 0 Å². The molecule has 0 amide bonds. The van der Waals surface area contributed by atoms with Crippen molar-refractivity contribution in [1.29, 1.82) is 0 Å². The van der Waals surface area contributed by atoms with E-state index >= 15 is 0 Å². The molecule has 1 aliphatic heterocycles. The highest BCUT2D eigenvalue weighted by atomic mass is 32.1. The van der Waals surface area contributed by atoms with E-state index in [1.807, 2.05) is 4.52 Å². The molecule has 0 bridgehead atoms. The Bertz CT molecular complexity index is 589. The number of aromatic nitrogens is 4. The van der Waals surface area contributed by atoms with Gasteiger partial charge in [-0.1, -0.05) is 25.2 Å². The van der Waals surface area contributed by atoms with Crippen molar-refractivity contribution in [3.05, 3.63) is 10.8 Å². The SMILES string of the molecule is CCC(CC)(CN)c1nn2c(C3CCOCC3)nnc2s1. The standard InChI is InChI=1S/C14H23N5OS/c1-3-14(4-2,9-15)12-18-19-11(16-17-13(19)21-12)10-5-7-20-8-6-10/h10H,3-9,15H2,1-2H3. The lowest BCUT2D eigenvalue weighted by atomic mass is 9.83. The van der Waals surface area contributed by atoms with Crippen LogP contribution in [0.2, 0.25) is 0 Å². The number of nitrogens with zero attached hydrogens (tertiary/aromatic N) is 4. The first-order chi connectivity index (χ1) is 10.2. The highest BCUT2D eigenvalue weighted by Crippen LogP contribution is 2.35. The molecule has 0 unspecified atom stereocenters. The van der Waals surface area contributed by atoms with E-state index in [1.54, 1.807) is 11.3 Å². The van der Waals surface area contributed by atoms with Crippen molar-refractivity contribution in [2.75, 3.05) is 19.8 Å². The first-order valence-corrected chi connectivity index (χ1v) is 8.56. The Kier molecular flexibility index (Phi) is 4.24. The average molecular weight is 309 g/mol. The normalized spacial score (nSPS) is 17.7. The van der Waals surface area contributed by atoms with Crippen molar-refractivity contribution in [2.45, 2.75) is 50.9 Å². The van der Waals surface area contributed by atoms with Crippen LogP contribution >= 0.6 is 11.3 Å². The molecule has 1 aliphatic rings. The van der Waals surface area contributed by atoms with E-state index in [9.17, 15) is 0 Å². The summed E-state index contributed by atoms with van der Waals surface area (Å²) < 4.78 is 7.37. The summed E-state index contributed by atoms with van der Waals surface area (Å²) in [5.41, 5.74) is 6.01. The van der Waals surface area contributed by atoms with Crippen LogP contribution < -0.4 is 5.73 Å². The molecule has 6 nitrogen and oxygen atoms in total. The van der Waals surface area contributed by atoms with Crippen LogP contribution in [0, 0.1) is 0 Å². The van der Waals surface area contributed by atoms with Crippen molar-refractivity contribution in [3.63, 3.8) is 0 Å². The second kappa shape index (κ2) is 5.98. The van der Waals surface area contributed by atoms with E-state index < -0.39 is 0 Å². The summed E-state index contributed by atoms with van der Waals surface area (Å²) in [7, 11) is 0. The Morgan fingerprint density at radius 1 is 1.29 bits per heavy atom. The van der Waals surface area contributed by atoms with Gasteiger partial charge in [-0.15, -0.1) is 10.2 Å². The van der Waals surface area contributed by atoms with Gasteiger partial charge < -0.3 is 10.5 Å². The molecule has 0 saturated carbocycles. The van der Waals surface area contributed by atoms with Crippen molar-refractivity contribution in [2.24, 2.45) is 5.73 Å². The highest BCUT2D eigenvalue weighted by molar-refractivity contribution is 7.16. The summed E-state index contributed by atoms with van der Waals surface area (Å²) >= 11 is 1.63. The van der Waals surface area contributed by atoms with Crippen LogP contribution in [-0.4, -0.2) is 39.6 Å². The molecule has 3 rings (SSSR count). The van der Waals surface area contributed by atoms with Crippen LogP contribution in [0.25, 0.3) is 4.96 Å². The largest absolute Gasteiger partial charge is 0.381 e. The zero-order valence-corrected chi connectivity index (χ0v) is 13.5. The summed E-state index contributed by atoms with van der Waals surface area (Å²) in [6.45, 7) is 6.58. The van der Waals surface area contributed by atoms with Gasteiger partial charge in [0.05, 0.1) is 0 Å². The molecule has 1 saturated heterocycles. The van der Waals surface area contributed by atoms with Gasteiger partial charge >= 0.3 is 0 Å². The van der Waals surface area contributed by atoms with Crippen molar-refractivity contribution in [1.82, 2.24) is 19.8 Å². The van der Waals surface area contributed by atoms with Gasteiger partial charge in [-0.25, -0.2) is 0 Å². The number of rotatable bonds is 5. The molecule has 116 valence electrons. The lowest BCUT2D eigenvalue weighted by Gasteiger charge is -2.26. The summed E-state index contributed by atoms with van der Waals surface area (Å²) in [5, 5.41) is 14.6. The number of hydrogen-bond acceptors (Lipinski definition) is 6. The molecular formula is C14H23N5OS. The monoisotopic (exact) mass is 309 g/mol. The zero-order valence-electron chi connectivity index (χ0n) is 12.7. The maximum absolute atomic E-state index is 6.04. The number of nitrogens with two attached hydrogens (primary N) is 1. The van der Waals surface area contributed by atoms with Gasteiger partial charge in [0, 0.05) is 31.1 Å². The number of ether oxygens (including phenoxy) is 1.